The van der Waals surface area contributed by atoms with Crippen LogP contribution in [-0.4, -0.2) is 40.6 Å². The van der Waals surface area contributed by atoms with Crippen molar-refractivity contribution < 1.29 is 37.0 Å². The molecule has 0 aliphatic carbocycles. The minimum atomic E-state index is -4.47. The number of halogens is 3. The predicted molar refractivity (Wildman–Crippen MR) is 166 cm³/mol. The summed E-state index contributed by atoms with van der Waals surface area (Å²) in [7, 11) is 0. The molecule has 46 heavy (non-hydrogen) atoms. The number of esters is 2. The van der Waals surface area contributed by atoms with Crippen molar-refractivity contribution in [2.45, 2.75) is 32.5 Å². The largest absolute Gasteiger partial charge is 0.465 e. The molecule has 236 valence electrons. The van der Waals surface area contributed by atoms with Crippen molar-refractivity contribution in [2.75, 3.05) is 18.5 Å². The van der Waals surface area contributed by atoms with Gasteiger partial charge in [0.25, 0.3) is 5.91 Å². The lowest BCUT2D eigenvalue weighted by atomic mass is 9.98. The number of rotatable bonds is 10. The summed E-state index contributed by atoms with van der Waals surface area (Å²) in [5, 5.41) is 2.86. The summed E-state index contributed by atoms with van der Waals surface area (Å²) in [6.07, 6.45) is -4.47. The van der Waals surface area contributed by atoms with E-state index in [0.717, 1.165) is 12.1 Å². The number of alkyl halides is 3. The van der Waals surface area contributed by atoms with Gasteiger partial charge in [0.1, 0.15) is 30.4 Å². The van der Waals surface area contributed by atoms with Crippen LogP contribution < -0.4 is 5.32 Å². The third-order valence-corrected chi connectivity index (χ3v) is 7.38. The first-order valence-electron chi connectivity index (χ1n) is 14.5. The van der Waals surface area contributed by atoms with Crippen molar-refractivity contribution in [2.24, 2.45) is 0 Å². The Labute approximate surface area is 262 Å². The van der Waals surface area contributed by atoms with Gasteiger partial charge in [-0.1, -0.05) is 66.7 Å². The molecule has 5 aromatic rings. The van der Waals surface area contributed by atoms with Crippen molar-refractivity contribution in [3.05, 3.63) is 120 Å². The SMILES string of the molecule is CCOC(=O)C(COC(=O)Cn1c(C)nc2c(NC(=O)c3ccccc3-c3ccc(C(F)(F)F)cc3)cccc21)c1ccccc1. The number of aromatic nitrogens is 2. The number of anilines is 1. The Kier molecular flexibility index (Phi) is 9.50. The van der Waals surface area contributed by atoms with Crippen LogP contribution in [0.2, 0.25) is 0 Å². The molecule has 0 spiro atoms. The van der Waals surface area contributed by atoms with E-state index in [0.29, 0.717) is 39.2 Å². The van der Waals surface area contributed by atoms with E-state index in [1.807, 2.05) is 6.07 Å². The van der Waals surface area contributed by atoms with Gasteiger partial charge >= 0.3 is 18.1 Å². The first-order valence-corrected chi connectivity index (χ1v) is 14.5. The van der Waals surface area contributed by atoms with Gasteiger partial charge in [0.2, 0.25) is 0 Å². The highest BCUT2D eigenvalue weighted by molar-refractivity contribution is 6.11. The number of imidazole rings is 1. The fourth-order valence-electron chi connectivity index (χ4n) is 5.10. The van der Waals surface area contributed by atoms with Gasteiger partial charge in [-0.3, -0.25) is 14.4 Å². The monoisotopic (exact) mass is 629 g/mol. The zero-order valence-electron chi connectivity index (χ0n) is 25.0. The lowest BCUT2D eigenvalue weighted by molar-refractivity contribution is -0.151. The Morgan fingerprint density at radius 2 is 1.57 bits per heavy atom. The summed E-state index contributed by atoms with van der Waals surface area (Å²) < 4.78 is 51.6. The molecule has 1 heterocycles. The van der Waals surface area contributed by atoms with Crippen LogP contribution in [0.5, 0.6) is 0 Å². The molecule has 4 aromatic carbocycles. The molecule has 1 N–H and O–H groups in total. The number of nitrogens with zero attached hydrogens (tertiary/aromatic N) is 2. The molecule has 1 atom stereocenters. The van der Waals surface area contributed by atoms with Gasteiger partial charge in [-0.05, 0) is 60.9 Å². The Morgan fingerprint density at radius 3 is 2.26 bits per heavy atom. The van der Waals surface area contributed by atoms with Gasteiger partial charge in [0, 0.05) is 5.56 Å². The lowest BCUT2D eigenvalue weighted by Crippen LogP contribution is -2.24. The number of aryl methyl sites for hydroxylation is 1. The van der Waals surface area contributed by atoms with E-state index >= 15 is 0 Å². The lowest BCUT2D eigenvalue weighted by Gasteiger charge is -2.16. The van der Waals surface area contributed by atoms with Gasteiger partial charge < -0.3 is 19.4 Å². The van der Waals surface area contributed by atoms with E-state index in [1.54, 1.807) is 85.1 Å². The summed E-state index contributed by atoms with van der Waals surface area (Å²) in [4.78, 5) is 43.6. The van der Waals surface area contributed by atoms with Gasteiger partial charge in [0.05, 0.1) is 23.4 Å². The molecule has 5 rings (SSSR count). The van der Waals surface area contributed by atoms with Crippen molar-refractivity contribution >= 4 is 34.6 Å². The topological polar surface area (TPSA) is 99.5 Å². The van der Waals surface area contributed by atoms with Gasteiger partial charge in [-0.25, -0.2) is 4.98 Å². The normalized spacial score (nSPS) is 12.0. The number of ether oxygens (including phenoxy) is 2. The highest BCUT2D eigenvalue weighted by atomic mass is 19.4. The minimum Gasteiger partial charge on any atom is -0.465 e. The van der Waals surface area contributed by atoms with Gasteiger partial charge in [-0.15, -0.1) is 0 Å². The molecule has 0 aliphatic heterocycles. The highest BCUT2D eigenvalue weighted by Crippen LogP contribution is 2.32. The first kappa shape index (κ1) is 32.0. The molecule has 0 radical (unpaired) electrons. The summed E-state index contributed by atoms with van der Waals surface area (Å²) in [6, 6.07) is 25.3. The molecule has 0 fully saturated rings. The van der Waals surface area contributed by atoms with Gasteiger partial charge in [0.15, 0.2) is 0 Å². The Bertz CT molecular complexity index is 1870. The number of carbonyl (C=O) groups is 3. The molecule has 0 saturated carbocycles. The van der Waals surface area contributed by atoms with E-state index < -0.39 is 35.5 Å². The predicted octanol–water partition coefficient (Wildman–Crippen LogP) is 7.17. The Morgan fingerprint density at radius 1 is 0.870 bits per heavy atom. The number of nitrogens with one attached hydrogen (secondary N) is 1. The van der Waals surface area contributed by atoms with Crippen molar-refractivity contribution in [1.82, 2.24) is 9.55 Å². The average molecular weight is 630 g/mol. The molecular formula is C35H30F3N3O5. The van der Waals surface area contributed by atoms with Crippen LogP contribution in [0.3, 0.4) is 0 Å². The standard InChI is InChI=1S/C35H30F3N3O5/c1-3-45-34(44)28(23-10-5-4-6-11-23)21-46-31(42)20-41-22(2)39-32-29(14-9-15-30(32)41)40-33(43)27-13-8-7-12-26(27)24-16-18-25(19-17-24)35(36,37)38/h4-19,28H,3,20-21H2,1-2H3,(H,40,43). The number of fused-ring (bicyclic) bond motifs is 1. The molecule has 1 unspecified atom stereocenters. The van der Waals surface area contributed by atoms with Crippen molar-refractivity contribution in [1.29, 1.82) is 0 Å². The van der Waals surface area contributed by atoms with E-state index in [-0.39, 0.29) is 25.3 Å². The number of carbonyl (C=O) groups excluding carboxylic acids is 3. The molecule has 1 amide bonds. The van der Waals surface area contributed by atoms with Crippen molar-refractivity contribution in [3.8, 4) is 11.1 Å². The number of para-hydroxylation sites is 1. The van der Waals surface area contributed by atoms with Crippen molar-refractivity contribution in [3.63, 3.8) is 0 Å². The van der Waals surface area contributed by atoms with Crippen LogP contribution in [0.25, 0.3) is 22.2 Å². The second-order valence-electron chi connectivity index (χ2n) is 10.4. The maximum Gasteiger partial charge on any atom is 0.416 e. The molecule has 0 bridgehead atoms. The zero-order valence-corrected chi connectivity index (χ0v) is 25.0. The molecule has 1 aromatic heterocycles. The fraction of sp³-hybridized carbons (Fsp3) is 0.200. The Balaban J connectivity index is 1.34. The molecule has 11 heteroatoms. The molecule has 0 aliphatic rings. The van der Waals surface area contributed by atoms with E-state index in [4.69, 9.17) is 9.47 Å². The third-order valence-electron chi connectivity index (χ3n) is 7.38. The minimum absolute atomic E-state index is 0.190. The maximum absolute atomic E-state index is 13.5. The summed E-state index contributed by atoms with van der Waals surface area (Å²) in [5.74, 6) is -1.86. The third kappa shape index (κ3) is 7.09. The van der Waals surface area contributed by atoms with Crippen LogP contribution in [0, 0.1) is 6.92 Å². The molecule has 0 saturated heterocycles. The summed E-state index contributed by atoms with van der Waals surface area (Å²) in [6.45, 7) is 3.21. The molecular weight excluding hydrogens is 599 g/mol. The smallest absolute Gasteiger partial charge is 0.416 e. The quantitative estimate of drug-likeness (QED) is 0.165. The van der Waals surface area contributed by atoms with Crippen LogP contribution in [0.15, 0.2) is 97.1 Å². The van der Waals surface area contributed by atoms with Crippen LogP contribution >= 0.6 is 0 Å². The summed E-state index contributed by atoms with van der Waals surface area (Å²) >= 11 is 0. The van der Waals surface area contributed by atoms with E-state index in [9.17, 15) is 27.6 Å². The molecule has 8 nitrogen and oxygen atoms in total. The van der Waals surface area contributed by atoms with Gasteiger partial charge in [-0.2, -0.15) is 13.2 Å². The number of hydrogen-bond donors (Lipinski definition) is 1. The number of benzene rings is 4. The van der Waals surface area contributed by atoms with Crippen LogP contribution in [0.4, 0.5) is 18.9 Å². The number of hydrogen-bond acceptors (Lipinski definition) is 6. The van der Waals surface area contributed by atoms with Crippen LogP contribution in [-0.2, 0) is 31.8 Å². The second kappa shape index (κ2) is 13.7. The average Bonchev–Trinajstić information content (AvgIpc) is 3.36. The second-order valence-corrected chi connectivity index (χ2v) is 10.4. The highest BCUT2D eigenvalue weighted by Gasteiger charge is 2.30. The Hall–Kier alpha value is -5.45. The summed E-state index contributed by atoms with van der Waals surface area (Å²) in [5.41, 5.74) is 2.43. The van der Waals surface area contributed by atoms with Crippen LogP contribution in [0.1, 0.15) is 40.2 Å². The fourth-order valence-corrected chi connectivity index (χ4v) is 5.10. The van der Waals surface area contributed by atoms with E-state index in [1.165, 1.54) is 12.1 Å². The maximum atomic E-state index is 13.5. The number of amides is 1. The first-order chi connectivity index (χ1) is 22.1. The zero-order chi connectivity index (χ0) is 32.8. The van der Waals surface area contributed by atoms with E-state index in [2.05, 4.69) is 10.3 Å².